The number of hydrogen-bond acceptors (Lipinski definition) is 4. The van der Waals surface area contributed by atoms with E-state index in [1.807, 2.05) is 20.8 Å². The Hall–Kier alpha value is -1.30. The van der Waals surface area contributed by atoms with Crippen LogP contribution in [0.4, 0.5) is 4.79 Å². The SMILES string of the molecule is CC(C)(C)OC(=O)N1CCC[C@H](CN2CCCC2C(N)=O)C1. The third kappa shape index (κ3) is 4.60. The fourth-order valence-electron chi connectivity index (χ4n) is 3.40. The summed E-state index contributed by atoms with van der Waals surface area (Å²) in [5.74, 6) is 0.165. The molecular formula is C16H29N3O3. The van der Waals surface area contributed by atoms with Crippen LogP contribution in [0.3, 0.4) is 0 Å². The Kier molecular flexibility index (Phi) is 5.32. The first-order valence-electron chi connectivity index (χ1n) is 8.27. The summed E-state index contributed by atoms with van der Waals surface area (Å²) in [6.45, 7) is 8.88. The van der Waals surface area contributed by atoms with E-state index in [1.165, 1.54) is 0 Å². The van der Waals surface area contributed by atoms with E-state index in [0.29, 0.717) is 12.5 Å². The first-order valence-corrected chi connectivity index (χ1v) is 8.27. The second-order valence-electron chi connectivity index (χ2n) is 7.49. The van der Waals surface area contributed by atoms with Gasteiger partial charge in [-0.25, -0.2) is 4.79 Å². The third-order valence-electron chi connectivity index (χ3n) is 4.36. The smallest absolute Gasteiger partial charge is 0.410 e. The number of carbonyl (C=O) groups is 2. The molecule has 2 N–H and O–H groups in total. The normalized spacial score (nSPS) is 27.0. The van der Waals surface area contributed by atoms with Crippen molar-refractivity contribution in [2.24, 2.45) is 11.7 Å². The van der Waals surface area contributed by atoms with Gasteiger partial charge in [-0.15, -0.1) is 0 Å². The van der Waals surface area contributed by atoms with Gasteiger partial charge in [0.15, 0.2) is 0 Å². The van der Waals surface area contributed by atoms with Crippen LogP contribution in [-0.4, -0.2) is 59.6 Å². The van der Waals surface area contributed by atoms with E-state index in [4.69, 9.17) is 10.5 Å². The number of ether oxygens (including phenoxy) is 1. The molecule has 0 radical (unpaired) electrons. The molecule has 0 aromatic carbocycles. The van der Waals surface area contributed by atoms with Gasteiger partial charge in [0.05, 0.1) is 6.04 Å². The highest BCUT2D eigenvalue weighted by Crippen LogP contribution is 2.24. The van der Waals surface area contributed by atoms with Crippen LogP contribution >= 0.6 is 0 Å². The van der Waals surface area contributed by atoms with Crippen molar-refractivity contribution in [1.29, 1.82) is 0 Å². The van der Waals surface area contributed by atoms with Crippen molar-refractivity contribution in [3.8, 4) is 0 Å². The number of likely N-dealkylation sites (tertiary alicyclic amines) is 2. The molecule has 2 aliphatic heterocycles. The lowest BCUT2D eigenvalue weighted by Gasteiger charge is -2.36. The summed E-state index contributed by atoms with van der Waals surface area (Å²) in [6, 6.07) is -0.128. The number of rotatable bonds is 3. The largest absolute Gasteiger partial charge is 0.444 e. The number of carbonyl (C=O) groups excluding carboxylic acids is 2. The predicted molar refractivity (Wildman–Crippen MR) is 84.3 cm³/mol. The maximum absolute atomic E-state index is 12.2. The second-order valence-corrected chi connectivity index (χ2v) is 7.49. The van der Waals surface area contributed by atoms with E-state index < -0.39 is 5.60 Å². The Morgan fingerprint density at radius 2 is 1.86 bits per heavy atom. The van der Waals surface area contributed by atoms with Crippen LogP contribution in [0.1, 0.15) is 46.5 Å². The quantitative estimate of drug-likeness (QED) is 0.858. The Bertz CT molecular complexity index is 419. The van der Waals surface area contributed by atoms with Gasteiger partial charge >= 0.3 is 6.09 Å². The minimum atomic E-state index is -0.462. The average molecular weight is 311 g/mol. The molecule has 6 nitrogen and oxygen atoms in total. The van der Waals surface area contributed by atoms with Crippen molar-refractivity contribution in [1.82, 2.24) is 9.80 Å². The van der Waals surface area contributed by atoms with Gasteiger partial charge < -0.3 is 15.4 Å². The summed E-state index contributed by atoms with van der Waals surface area (Å²) >= 11 is 0. The standard InChI is InChI=1S/C16H29N3O3/c1-16(2,3)22-15(21)19-9-4-6-12(11-19)10-18-8-5-7-13(18)14(17)20/h12-13H,4-11H2,1-3H3,(H2,17,20)/t12-,13?/m1/s1. The zero-order chi connectivity index (χ0) is 16.3. The Labute approximate surface area is 132 Å². The average Bonchev–Trinajstić information content (AvgIpc) is 2.85. The minimum absolute atomic E-state index is 0.128. The van der Waals surface area contributed by atoms with Crippen molar-refractivity contribution in [2.45, 2.75) is 58.1 Å². The molecule has 2 saturated heterocycles. The predicted octanol–water partition coefficient (Wildman–Crippen LogP) is 1.58. The summed E-state index contributed by atoms with van der Waals surface area (Å²) in [5, 5.41) is 0. The molecule has 0 bridgehead atoms. The molecule has 2 amide bonds. The third-order valence-corrected chi connectivity index (χ3v) is 4.36. The number of piperidine rings is 1. The summed E-state index contributed by atoms with van der Waals surface area (Å²) in [6.07, 6.45) is 3.72. The fourth-order valence-corrected chi connectivity index (χ4v) is 3.40. The minimum Gasteiger partial charge on any atom is -0.444 e. The number of primary amides is 1. The first kappa shape index (κ1) is 17.1. The highest BCUT2D eigenvalue weighted by Gasteiger charge is 2.33. The molecule has 6 heteroatoms. The van der Waals surface area contributed by atoms with Crippen LogP contribution in [0.15, 0.2) is 0 Å². The van der Waals surface area contributed by atoms with Gasteiger partial charge in [0.25, 0.3) is 0 Å². The van der Waals surface area contributed by atoms with Crippen LogP contribution in [0.5, 0.6) is 0 Å². The summed E-state index contributed by atoms with van der Waals surface area (Å²) in [7, 11) is 0. The van der Waals surface area contributed by atoms with E-state index in [0.717, 1.165) is 45.3 Å². The van der Waals surface area contributed by atoms with Gasteiger partial charge in [0, 0.05) is 19.6 Å². The molecule has 1 unspecified atom stereocenters. The van der Waals surface area contributed by atoms with Crippen molar-refractivity contribution >= 4 is 12.0 Å². The first-order chi connectivity index (χ1) is 10.3. The van der Waals surface area contributed by atoms with Crippen molar-refractivity contribution in [3.05, 3.63) is 0 Å². The molecule has 0 aliphatic carbocycles. The van der Waals surface area contributed by atoms with Gasteiger partial charge in [-0.3, -0.25) is 9.69 Å². The highest BCUT2D eigenvalue weighted by molar-refractivity contribution is 5.80. The number of nitrogens with two attached hydrogens (primary N) is 1. The lowest BCUT2D eigenvalue weighted by Crippen LogP contribution is -2.48. The molecule has 22 heavy (non-hydrogen) atoms. The van der Waals surface area contributed by atoms with E-state index in [-0.39, 0.29) is 18.0 Å². The molecule has 2 atom stereocenters. The maximum atomic E-state index is 12.2. The zero-order valence-electron chi connectivity index (χ0n) is 14.0. The Morgan fingerprint density at radius 1 is 1.18 bits per heavy atom. The second kappa shape index (κ2) is 6.86. The van der Waals surface area contributed by atoms with E-state index in [9.17, 15) is 9.59 Å². The van der Waals surface area contributed by atoms with E-state index in [2.05, 4.69) is 4.90 Å². The van der Waals surface area contributed by atoms with Gasteiger partial charge in [-0.1, -0.05) is 0 Å². The maximum Gasteiger partial charge on any atom is 0.410 e. The molecule has 0 aromatic rings. The molecule has 0 spiro atoms. The van der Waals surface area contributed by atoms with Gasteiger partial charge in [0.1, 0.15) is 5.60 Å². The lowest BCUT2D eigenvalue weighted by atomic mass is 9.97. The van der Waals surface area contributed by atoms with Crippen molar-refractivity contribution in [3.63, 3.8) is 0 Å². The summed E-state index contributed by atoms with van der Waals surface area (Å²) in [4.78, 5) is 27.7. The lowest BCUT2D eigenvalue weighted by molar-refractivity contribution is -0.122. The monoisotopic (exact) mass is 311 g/mol. The molecule has 2 rings (SSSR count). The molecular weight excluding hydrogens is 282 g/mol. The van der Waals surface area contributed by atoms with Gasteiger partial charge in [-0.2, -0.15) is 0 Å². The number of nitrogens with zero attached hydrogens (tertiary/aromatic N) is 2. The van der Waals surface area contributed by atoms with E-state index >= 15 is 0 Å². The molecule has 2 heterocycles. The van der Waals surface area contributed by atoms with Gasteiger partial charge in [0.2, 0.25) is 5.91 Å². The Balaban J connectivity index is 1.88. The number of amides is 2. The molecule has 126 valence electrons. The fraction of sp³-hybridized carbons (Fsp3) is 0.875. The summed E-state index contributed by atoms with van der Waals surface area (Å²) in [5.41, 5.74) is 5.01. The van der Waals surface area contributed by atoms with Crippen LogP contribution < -0.4 is 5.73 Å². The van der Waals surface area contributed by atoms with Gasteiger partial charge in [-0.05, 0) is 58.9 Å². The molecule has 2 fully saturated rings. The molecule has 0 saturated carbocycles. The number of hydrogen-bond donors (Lipinski definition) is 1. The van der Waals surface area contributed by atoms with Crippen molar-refractivity contribution in [2.75, 3.05) is 26.2 Å². The van der Waals surface area contributed by atoms with Crippen LogP contribution in [0.25, 0.3) is 0 Å². The highest BCUT2D eigenvalue weighted by atomic mass is 16.6. The summed E-state index contributed by atoms with van der Waals surface area (Å²) < 4.78 is 5.45. The molecule has 2 aliphatic rings. The molecule has 0 aromatic heterocycles. The van der Waals surface area contributed by atoms with Crippen LogP contribution in [-0.2, 0) is 9.53 Å². The topological polar surface area (TPSA) is 75.9 Å². The Morgan fingerprint density at radius 3 is 2.50 bits per heavy atom. The van der Waals surface area contributed by atoms with E-state index in [1.54, 1.807) is 4.90 Å². The zero-order valence-corrected chi connectivity index (χ0v) is 14.0. The van der Waals surface area contributed by atoms with Crippen LogP contribution in [0, 0.1) is 5.92 Å². The van der Waals surface area contributed by atoms with Crippen molar-refractivity contribution < 1.29 is 14.3 Å². The van der Waals surface area contributed by atoms with Crippen LogP contribution in [0.2, 0.25) is 0 Å².